The van der Waals surface area contributed by atoms with E-state index >= 15 is 0 Å². The molecule has 0 spiro atoms. The van der Waals surface area contributed by atoms with E-state index in [4.69, 9.17) is 10.5 Å². The number of benzene rings is 1. The summed E-state index contributed by atoms with van der Waals surface area (Å²) in [5.74, 6) is 0.680. The average molecular weight is 252 g/mol. The first-order valence-electron chi connectivity index (χ1n) is 5.90. The summed E-state index contributed by atoms with van der Waals surface area (Å²) in [6.07, 6.45) is 3.38. The molecule has 0 radical (unpaired) electrons. The minimum Gasteiger partial charge on any atom is -0.424 e. The average Bonchev–Trinajstić information content (AvgIpc) is 2.48. The standard InChI is InChI=1S/C14H12N4O/c15-9-10-6-8-17-14(18-10)19-13-5-1-4-12-11(13)3-2-7-16-12/h1-8H,9,15H2. The monoisotopic (exact) mass is 252 g/mol. The lowest BCUT2D eigenvalue weighted by atomic mass is 10.2. The highest BCUT2D eigenvalue weighted by Crippen LogP contribution is 2.26. The first kappa shape index (κ1) is 11.6. The minimum atomic E-state index is 0.291. The molecule has 0 amide bonds. The molecule has 5 heteroatoms. The van der Waals surface area contributed by atoms with Gasteiger partial charge in [-0.2, -0.15) is 4.98 Å². The molecule has 0 saturated carbocycles. The van der Waals surface area contributed by atoms with Crippen LogP contribution >= 0.6 is 0 Å². The zero-order chi connectivity index (χ0) is 13.1. The SMILES string of the molecule is NCc1ccnc(Oc2cccc3ncccc23)n1. The molecule has 0 fully saturated rings. The Morgan fingerprint density at radius 3 is 2.84 bits per heavy atom. The van der Waals surface area contributed by atoms with Gasteiger partial charge in [-0.25, -0.2) is 4.98 Å². The number of hydrogen-bond donors (Lipinski definition) is 1. The van der Waals surface area contributed by atoms with Crippen LogP contribution < -0.4 is 10.5 Å². The molecular formula is C14H12N4O. The van der Waals surface area contributed by atoms with Crippen LogP contribution in [0.5, 0.6) is 11.8 Å². The van der Waals surface area contributed by atoms with Gasteiger partial charge in [0.1, 0.15) is 5.75 Å². The third kappa shape index (κ3) is 2.36. The lowest BCUT2D eigenvalue weighted by Gasteiger charge is -2.07. The van der Waals surface area contributed by atoms with Gasteiger partial charge in [0.2, 0.25) is 0 Å². The summed E-state index contributed by atoms with van der Waals surface area (Å²) in [6, 6.07) is 11.5. The smallest absolute Gasteiger partial charge is 0.322 e. The molecule has 0 saturated heterocycles. The van der Waals surface area contributed by atoms with Crippen LogP contribution in [0.25, 0.3) is 10.9 Å². The maximum absolute atomic E-state index is 5.72. The highest BCUT2D eigenvalue weighted by Gasteiger charge is 2.05. The number of nitrogens with two attached hydrogens (primary N) is 1. The Morgan fingerprint density at radius 2 is 1.95 bits per heavy atom. The molecule has 2 heterocycles. The van der Waals surface area contributed by atoms with E-state index in [0.29, 0.717) is 18.3 Å². The molecule has 19 heavy (non-hydrogen) atoms. The van der Waals surface area contributed by atoms with Crippen LogP contribution in [0.3, 0.4) is 0 Å². The quantitative estimate of drug-likeness (QED) is 0.774. The van der Waals surface area contributed by atoms with Gasteiger partial charge in [-0.3, -0.25) is 4.98 Å². The summed E-state index contributed by atoms with van der Waals surface area (Å²) in [6.45, 7) is 0.357. The van der Waals surface area contributed by atoms with E-state index < -0.39 is 0 Å². The van der Waals surface area contributed by atoms with Crippen molar-refractivity contribution < 1.29 is 4.74 Å². The van der Waals surface area contributed by atoms with E-state index in [1.807, 2.05) is 30.3 Å². The Balaban J connectivity index is 2.01. The molecule has 3 rings (SSSR count). The predicted octanol–water partition coefficient (Wildman–Crippen LogP) is 2.28. The second-order valence-electron chi connectivity index (χ2n) is 3.96. The van der Waals surface area contributed by atoms with Crippen molar-refractivity contribution in [2.24, 2.45) is 5.73 Å². The summed E-state index contributed by atoms with van der Waals surface area (Å²) in [7, 11) is 0. The predicted molar refractivity (Wildman–Crippen MR) is 71.7 cm³/mol. The van der Waals surface area contributed by atoms with E-state index in [9.17, 15) is 0 Å². The van der Waals surface area contributed by atoms with Crippen LogP contribution in [0, 0.1) is 0 Å². The molecule has 5 nitrogen and oxygen atoms in total. The largest absolute Gasteiger partial charge is 0.424 e. The molecule has 0 bridgehead atoms. The van der Waals surface area contributed by atoms with Crippen molar-refractivity contribution >= 4 is 10.9 Å². The fourth-order valence-electron chi connectivity index (χ4n) is 1.80. The Morgan fingerprint density at radius 1 is 1.00 bits per heavy atom. The number of rotatable bonds is 3. The molecule has 2 aromatic heterocycles. The van der Waals surface area contributed by atoms with Gasteiger partial charge in [-0.05, 0) is 30.3 Å². The van der Waals surface area contributed by atoms with Gasteiger partial charge in [0, 0.05) is 24.3 Å². The minimum absolute atomic E-state index is 0.291. The van der Waals surface area contributed by atoms with E-state index in [1.54, 1.807) is 18.5 Å². The Kier molecular flexibility index (Phi) is 3.04. The van der Waals surface area contributed by atoms with Crippen molar-refractivity contribution in [3.05, 3.63) is 54.5 Å². The fourth-order valence-corrected chi connectivity index (χ4v) is 1.80. The normalized spacial score (nSPS) is 10.6. The fraction of sp³-hybridized carbons (Fsp3) is 0.0714. The number of ether oxygens (including phenoxy) is 1. The van der Waals surface area contributed by atoms with Gasteiger partial charge in [-0.1, -0.05) is 6.07 Å². The second kappa shape index (κ2) is 4.99. The summed E-state index contributed by atoms with van der Waals surface area (Å²) in [5.41, 5.74) is 7.16. The molecule has 0 aliphatic rings. The van der Waals surface area contributed by atoms with Crippen LogP contribution in [-0.2, 0) is 6.54 Å². The summed E-state index contributed by atoms with van der Waals surface area (Å²) < 4.78 is 5.72. The van der Waals surface area contributed by atoms with Crippen LogP contribution in [0.1, 0.15) is 5.69 Å². The topological polar surface area (TPSA) is 73.9 Å². The van der Waals surface area contributed by atoms with E-state index in [2.05, 4.69) is 15.0 Å². The maximum atomic E-state index is 5.72. The number of fused-ring (bicyclic) bond motifs is 1. The lowest BCUT2D eigenvalue weighted by molar-refractivity contribution is 0.444. The maximum Gasteiger partial charge on any atom is 0.322 e. The van der Waals surface area contributed by atoms with Gasteiger partial charge in [0.25, 0.3) is 0 Å². The molecule has 1 aromatic carbocycles. The summed E-state index contributed by atoms with van der Waals surface area (Å²) in [4.78, 5) is 12.6. The van der Waals surface area contributed by atoms with Crippen molar-refractivity contribution in [2.75, 3.05) is 0 Å². The molecule has 0 unspecified atom stereocenters. The molecule has 94 valence electrons. The summed E-state index contributed by atoms with van der Waals surface area (Å²) in [5, 5.41) is 0.923. The van der Waals surface area contributed by atoms with E-state index in [-0.39, 0.29) is 0 Å². The zero-order valence-electron chi connectivity index (χ0n) is 10.2. The molecular weight excluding hydrogens is 240 g/mol. The Labute approximate surface area is 110 Å². The van der Waals surface area contributed by atoms with E-state index in [1.165, 1.54) is 0 Å². The number of hydrogen-bond acceptors (Lipinski definition) is 5. The van der Waals surface area contributed by atoms with Crippen molar-refractivity contribution in [2.45, 2.75) is 6.54 Å². The van der Waals surface area contributed by atoms with Gasteiger partial charge in [0.05, 0.1) is 11.2 Å². The van der Waals surface area contributed by atoms with E-state index in [0.717, 1.165) is 16.6 Å². The second-order valence-corrected chi connectivity index (χ2v) is 3.96. The molecule has 3 aromatic rings. The molecule has 0 aliphatic heterocycles. The van der Waals surface area contributed by atoms with Crippen LogP contribution in [0.2, 0.25) is 0 Å². The van der Waals surface area contributed by atoms with Crippen LogP contribution in [0.4, 0.5) is 0 Å². The third-order valence-corrected chi connectivity index (χ3v) is 2.71. The highest BCUT2D eigenvalue weighted by molar-refractivity contribution is 5.84. The van der Waals surface area contributed by atoms with Crippen molar-refractivity contribution in [3.63, 3.8) is 0 Å². The van der Waals surface area contributed by atoms with Crippen molar-refractivity contribution in [1.29, 1.82) is 0 Å². The molecule has 0 atom stereocenters. The molecule has 2 N–H and O–H groups in total. The molecule has 0 aliphatic carbocycles. The number of nitrogens with zero attached hydrogens (tertiary/aromatic N) is 3. The van der Waals surface area contributed by atoms with Gasteiger partial charge in [-0.15, -0.1) is 0 Å². The summed E-state index contributed by atoms with van der Waals surface area (Å²) >= 11 is 0. The van der Waals surface area contributed by atoms with Gasteiger partial charge in [0.15, 0.2) is 0 Å². The van der Waals surface area contributed by atoms with Crippen molar-refractivity contribution in [3.8, 4) is 11.8 Å². The third-order valence-electron chi connectivity index (χ3n) is 2.71. The van der Waals surface area contributed by atoms with Crippen molar-refractivity contribution in [1.82, 2.24) is 15.0 Å². The highest BCUT2D eigenvalue weighted by atomic mass is 16.5. The first-order chi connectivity index (χ1) is 9.36. The Hall–Kier alpha value is -2.53. The van der Waals surface area contributed by atoms with Crippen LogP contribution in [-0.4, -0.2) is 15.0 Å². The zero-order valence-corrected chi connectivity index (χ0v) is 10.2. The Bertz CT molecular complexity index is 709. The lowest BCUT2D eigenvalue weighted by Crippen LogP contribution is -2.01. The first-order valence-corrected chi connectivity index (χ1v) is 5.90. The number of pyridine rings is 1. The number of aromatic nitrogens is 3. The van der Waals surface area contributed by atoms with Gasteiger partial charge >= 0.3 is 6.01 Å². The van der Waals surface area contributed by atoms with Crippen LogP contribution in [0.15, 0.2) is 48.8 Å². The van der Waals surface area contributed by atoms with Gasteiger partial charge < -0.3 is 10.5 Å².